The van der Waals surface area contributed by atoms with Gasteiger partial charge in [-0.2, -0.15) is 0 Å². The highest BCUT2D eigenvalue weighted by Gasteiger charge is 2.68. The van der Waals surface area contributed by atoms with Crippen molar-refractivity contribution < 1.29 is 9.52 Å². The second-order valence-electron chi connectivity index (χ2n) is 4.59. The number of hydrogen-bond donors (Lipinski definition) is 1. The number of furan rings is 1. The van der Waals surface area contributed by atoms with Crippen molar-refractivity contribution in [1.29, 1.82) is 0 Å². The first-order valence-electron chi connectivity index (χ1n) is 5.58. The zero-order valence-electron chi connectivity index (χ0n) is 8.49. The van der Waals surface area contributed by atoms with Crippen LogP contribution in [0.15, 0.2) is 16.5 Å². The lowest BCUT2D eigenvalue weighted by Crippen LogP contribution is -2.11. The average molecular weight is 192 g/mol. The first kappa shape index (κ1) is 8.54. The van der Waals surface area contributed by atoms with Gasteiger partial charge in [0, 0.05) is 18.3 Å². The predicted octanol–water partition coefficient (Wildman–Crippen LogP) is 2.46. The van der Waals surface area contributed by atoms with Gasteiger partial charge in [0.15, 0.2) is 0 Å². The molecule has 1 heterocycles. The molecule has 1 aromatic rings. The monoisotopic (exact) mass is 192 g/mol. The molecule has 0 radical (unpaired) electrons. The molecule has 3 rings (SSSR count). The van der Waals surface area contributed by atoms with Crippen LogP contribution in [-0.2, 0) is 12.0 Å². The van der Waals surface area contributed by atoms with Gasteiger partial charge in [0.2, 0.25) is 0 Å². The van der Waals surface area contributed by atoms with Crippen molar-refractivity contribution in [3.63, 3.8) is 0 Å². The van der Waals surface area contributed by atoms with Gasteiger partial charge in [-0.1, -0.05) is 13.3 Å². The molecule has 0 aliphatic heterocycles. The van der Waals surface area contributed by atoms with Crippen LogP contribution < -0.4 is 0 Å². The van der Waals surface area contributed by atoms with Crippen LogP contribution in [0.25, 0.3) is 0 Å². The van der Waals surface area contributed by atoms with Crippen molar-refractivity contribution in [3.05, 3.63) is 23.7 Å². The van der Waals surface area contributed by atoms with E-state index in [1.54, 1.807) is 0 Å². The second-order valence-corrected chi connectivity index (χ2v) is 4.59. The molecule has 0 saturated heterocycles. The fourth-order valence-corrected chi connectivity index (χ4v) is 3.07. The molecule has 0 aromatic carbocycles. The minimum absolute atomic E-state index is 0.485. The third-order valence-corrected chi connectivity index (χ3v) is 3.94. The normalized spacial score (nSPS) is 39.9. The Kier molecular flexibility index (Phi) is 1.61. The highest BCUT2D eigenvalue weighted by atomic mass is 16.4. The Bertz CT molecular complexity index is 343. The summed E-state index contributed by atoms with van der Waals surface area (Å²) in [6.45, 7) is 2.07. The summed E-state index contributed by atoms with van der Waals surface area (Å²) in [5.41, 5.74) is -0.592. The molecule has 2 nitrogen and oxygen atoms in total. The van der Waals surface area contributed by atoms with Crippen LogP contribution in [0.3, 0.4) is 0 Å². The molecule has 2 atom stereocenters. The lowest BCUT2D eigenvalue weighted by molar-refractivity contribution is 0.0793. The molecule has 2 aliphatic carbocycles. The van der Waals surface area contributed by atoms with E-state index in [4.69, 9.17) is 4.42 Å². The zero-order chi connectivity index (χ0) is 9.76. The van der Waals surface area contributed by atoms with Crippen LogP contribution in [0.1, 0.15) is 37.7 Å². The van der Waals surface area contributed by atoms with E-state index in [2.05, 4.69) is 6.92 Å². The lowest BCUT2D eigenvalue weighted by Gasteiger charge is -2.10. The molecular weight excluding hydrogens is 176 g/mol. The van der Waals surface area contributed by atoms with Crippen molar-refractivity contribution in [2.75, 3.05) is 0 Å². The Morgan fingerprint density at radius 1 is 1.43 bits per heavy atom. The maximum atomic E-state index is 10.4. The molecule has 1 N–H and O–H groups in total. The van der Waals surface area contributed by atoms with Gasteiger partial charge in [-0.05, 0) is 25.0 Å². The van der Waals surface area contributed by atoms with Crippen LogP contribution in [0.4, 0.5) is 0 Å². The molecule has 2 heteroatoms. The van der Waals surface area contributed by atoms with Crippen molar-refractivity contribution in [1.82, 2.24) is 0 Å². The Hall–Kier alpha value is -0.760. The van der Waals surface area contributed by atoms with E-state index >= 15 is 0 Å². The van der Waals surface area contributed by atoms with Crippen molar-refractivity contribution in [2.45, 2.75) is 38.2 Å². The SMILES string of the molecule is CCc1ccc(C2(O)C3CCCC32)o1. The van der Waals surface area contributed by atoms with Crippen LogP contribution in [0.5, 0.6) is 0 Å². The Morgan fingerprint density at radius 2 is 2.14 bits per heavy atom. The maximum absolute atomic E-state index is 10.4. The number of aliphatic hydroxyl groups is 1. The van der Waals surface area contributed by atoms with Crippen molar-refractivity contribution in [3.8, 4) is 0 Å². The fourth-order valence-electron chi connectivity index (χ4n) is 3.07. The third-order valence-electron chi connectivity index (χ3n) is 3.94. The van der Waals surface area contributed by atoms with E-state index in [1.807, 2.05) is 12.1 Å². The van der Waals surface area contributed by atoms with Gasteiger partial charge in [-0.15, -0.1) is 0 Å². The van der Waals surface area contributed by atoms with E-state index in [0.717, 1.165) is 17.9 Å². The number of aryl methyl sites for hydroxylation is 1. The number of hydrogen-bond acceptors (Lipinski definition) is 2. The first-order valence-corrected chi connectivity index (χ1v) is 5.58. The van der Waals surface area contributed by atoms with E-state index in [9.17, 15) is 5.11 Å². The first-order chi connectivity index (χ1) is 6.76. The van der Waals surface area contributed by atoms with Gasteiger partial charge in [-0.25, -0.2) is 0 Å². The highest BCUT2D eigenvalue weighted by molar-refractivity contribution is 5.27. The lowest BCUT2D eigenvalue weighted by atomic mass is 10.1. The minimum atomic E-state index is -0.592. The Morgan fingerprint density at radius 3 is 2.71 bits per heavy atom. The van der Waals surface area contributed by atoms with Crippen LogP contribution in [0, 0.1) is 11.8 Å². The standard InChI is InChI=1S/C12H16O2/c1-2-8-6-7-11(14-8)12(13)9-4-3-5-10(9)12/h6-7,9-10,13H,2-5H2,1H3. The van der Waals surface area contributed by atoms with Crippen LogP contribution in [0.2, 0.25) is 0 Å². The number of fused-ring (bicyclic) bond motifs is 1. The molecule has 0 bridgehead atoms. The van der Waals surface area contributed by atoms with Crippen molar-refractivity contribution >= 4 is 0 Å². The maximum Gasteiger partial charge on any atom is 0.136 e. The minimum Gasteiger partial charge on any atom is -0.463 e. The molecule has 76 valence electrons. The highest BCUT2D eigenvalue weighted by Crippen LogP contribution is 2.66. The van der Waals surface area contributed by atoms with Gasteiger partial charge in [0.1, 0.15) is 17.1 Å². The van der Waals surface area contributed by atoms with Crippen LogP contribution in [-0.4, -0.2) is 5.11 Å². The quantitative estimate of drug-likeness (QED) is 0.780. The molecule has 0 spiro atoms. The van der Waals surface area contributed by atoms with Gasteiger partial charge in [0.05, 0.1) is 0 Å². The van der Waals surface area contributed by atoms with E-state index in [0.29, 0.717) is 11.8 Å². The summed E-state index contributed by atoms with van der Waals surface area (Å²) >= 11 is 0. The van der Waals surface area contributed by atoms with Gasteiger partial charge < -0.3 is 9.52 Å². The molecule has 2 fully saturated rings. The molecule has 1 aromatic heterocycles. The summed E-state index contributed by atoms with van der Waals surface area (Å²) in [4.78, 5) is 0. The third kappa shape index (κ3) is 0.897. The summed E-state index contributed by atoms with van der Waals surface area (Å²) in [5, 5.41) is 10.4. The Labute approximate surface area is 83.9 Å². The zero-order valence-corrected chi connectivity index (χ0v) is 8.49. The molecule has 2 unspecified atom stereocenters. The molecule has 14 heavy (non-hydrogen) atoms. The molecule has 2 aliphatic rings. The molecular formula is C12H16O2. The largest absolute Gasteiger partial charge is 0.463 e. The number of rotatable bonds is 2. The van der Waals surface area contributed by atoms with E-state index in [1.165, 1.54) is 19.3 Å². The van der Waals surface area contributed by atoms with Crippen LogP contribution >= 0.6 is 0 Å². The Balaban J connectivity index is 1.89. The summed E-state index contributed by atoms with van der Waals surface area (Å²) in [6.07, 6.45) is 4.52. The summed E-state index contributed by atoms with van der Waals surface area (Å²) < 4.78 is 5.65. The van der Waals surface area contributed by atoms with Gasteiger partial charge in [-0.3, -0.25) is 0 Å². The predicted molar refractivity (Wildman–Crippen MR) is 52.8 cm³/mol. The summed E-state index contributed by atoms with van der Waals surface area (Å²) in [5.74, 6) is 2.76. The summed E-state index contributed by atoms with van der Waals surface area (Å²) in [6, 6.07) is 3.94. The topological polar surface area (TPSA) is 33.4 Å². The smallest absolute Gasteiger partial charge is 0.136 e. The fraction of sp³-hybridized carbons (Fsp3) is 0.667. The van der Waals surface area contributed by atoms with Gasteiger partial charge >= 0.3 is 0 Å². The van der Waals surface area contributed by atoms with Crippen molar-refractivity contribution in [2.24, 2.45) is 11.8 Å². The van der Waals surface area contributed by atoms with Gasteiger partial charge in [0.25, 0.3) is 0 Å². The summed E-state index contributed by atoms with van der Waals surface area (Å²) in [7, 11) is 0. The second kappa shape index (κ2) is 2.63. The van der Waals surface area contributed by atoms with E-state index in [-0.39, 0.29) is 0 Å². The van der Waals surface area contributed by atoms with E-state index < -0.39 is 5.60 Å². The average Bonchev–Trinajstić information content (AvgIpc) is 2.77. The molecule has 2 saturated carbocycles. The molecule has 0 amide bonds.